The van der Waals surface area contributed by atoms with E-state index in [-0.39, 0.29) is 0 Å². The van der Waals surface area contributed by atoms with Gasteiger partial charge in [0.1, 0.15) is 0 Å². The second-order valence-electron chi connectivity index (χ2n) is 6.37. The quantitative estimate of drug-likeness (QED) is 0.587. The number of carbonyl (C=O) groups is 2. The number of rotatable bonds is 7. The van der Waals surface area contributed by atoms with E-state index in [1.54, 1.807) is 0 Å². The lowest BCUT2D eigenvalue weighted by molar-refractivity contribution is -0.136. The van der Waals surface area contributed by atoms with Crippen LogP contribution in [0.4, 0.5) is 5.69 Å². The Labute approximate surface area is 144 Å². The fourth-order valence-corrected chi connectivity index (χ4v) is 2.87. The van der Waals surface area contributed by atoms with Gasteiger partial charge in [-0.1, -0.05) is 37.1 Å². The maximum atomic E-state index is 11.9. The highest BCUT2D eigenvalue weighted by molar-refractivity contribution is 6.39. The lowest BCUT2D eigenvalue weighted by atomic mass is 9.97. The van der Waals surface area contributed by atoms with Crippen molar-refractivity contribution in [2.75, 3.05) is 11.9 Å². The Hall–Kier alpha value is -2.10. The monoisotopic (exact) mass is 328 g/mol. The Morgan fingerprint density at radius 2 is 1.83 bits per heavy atom. The van der Waals surface area contributed by atoms with Gasteiger partial charge in [0, 0.05) is 12.2 Å². The molecule has 0 aliphatic heterocycles. The van der Waals surface area contributed by atoms with E-state index in [4.69, 9.17) is 0 Å². The summed E-state index contributed by atoms with van der Waals surface area (Å²) in [4.78, 5) is 23.8. The molecule has 4 heteroatoms. The van der Waals surface area contributed by atoms with E-state index in [1.807, 2.05) is 24.3 Å². The van der Waals surface area contributed by atoms with Crippen LogP contribution in [0.3, 0.4) is 0 Å². The van der Waals surface area contributed by atoms with E-state index < -0.39 is 11.8 Å². The molecule has 2 N–H and O–H groups in total. The molecule has 0 unspecified atom stereocenters. The summed E-state index contributed by atoms with van der Waals surface area (Å²) < 4.78 is 0. The Morgan fingerprint density at radius 3 is 2.50 bits per heavy atom. The molecule has 0 atom stereocenters. The number of hydrogen-bond acceptors (Lipinski definition) is 2. The molecule has 4 nitrogen and oxygen atoms in total. The van der Waals surface area contributed by atoms with Crippen LogP contribution in [0.1, 0.15) is 57.4 Å². The summed E-state index contributed by atoms with van der Waals surface area (Å²) in [5.74, 6) is -1.17. The van der Waals surface area contributed by atoms with Gasteiger partial charge in [-0.05, 0) is 62.6 Å². The molecule has 1 aromatic rings. The zero-order chi connectivity index (χ0) is 17.2. The fourth-order valence-electron chi connectivity index (χ4n) is 2.87. The molecule has 1 aliphatic carbocycles. The largest absolute Gasteiger partial charge is 0.348 e. The zero-order valence-electron chi connectivity index (χ0n) is 14.6. The van der Waals surface area contributed by atoms with Crippen LogP contribution < -0.4 is 10.6 Å². The summed E-state index contributed by atoms with van der Waals surface area (Å²) in [5.41, 5.74) is 3.30. The van der Waals surface area contributed by atoms with Crippen molar-refractivity contribution in [3.05, 3.63) is 41.5 Å². The van der Waals surface area contributed by atoms with Gasteiger partial charge in [-0.3, -0.25) is 9.59 Å². The van der Waals surface area contributed by atoms with Crippen molar-refractivity contribution in [3.63, 3.8) is 0 Å². The summed E-state index contributed by atoms with van der Waals surface area (Å²) in [6, 6.07) is 7.70. The van der Waals surface area contributed by atoms with E-state index in [0.717, 1.165) is 38.5 Å². The number of allylic oxidation sites excluding steroid dienone is 1. The van der Waals surface area contributed by atoms with Crippen LogP contribution in [-0.4, -0.2) is 18.4 Å². The van der Waals surface area contributed by atoms with E-state index >= 15 is 0 Å². The summed E-state index contributed by atoms with van der Waals surface area (Å²) >= 11 is 0. The van der Waals surface area contributed by atoms with Gasteiger partial charge >= 0.3 is 11.8 Å². The van der Waals surface area contributed by atoms with Crippen molar-refractivity contribution in [2.24, 2.45) is 0 Å². The van der Waals surface area contributed by atoms with Crippen LogP contribution in [0.2, 0.25) is 0 Å². The molecular formula is C20H28N2O2. The molecule has 2 amide bonds. The number of carbonyl (C=O) groups excluding carboxylic acids is 2. The third kappa shape index (κ3) is 6.19. The predicted octanol–water partition coefficient (Wildman–Crippen LogP) is 3.97. The first-order valence-electron chi connectivity index (χ1n) is 9.05. The van der Waals surface area contributed by atoms with E-state index in [0.29, 0.717) is 12.2 Å². The molecular weight excluding hydrogens is 300 g/mol. The molecule has 1 aromatic carbocycles. The van der Waals surface area contributed by atoms with Gasteiger partial charge in [0.05, 0.1) is 0 Å². The van der Waals surface area contributed by atoms with Crippen molar-refractivity contribution in [2.45, 2.75) is 58.3 Å². The molecule has 0 fully saturated rings. The van der Waals surface area contributed by atoms with Crippen molar-refractivity contribution in [1.82, 2.24) is 5.32 Å². The average molecular weight is 328 g/mol. The Morgan fingerprint density at radius 1 is 1.04 bits per heavy atom. The Kier molecular flexibility index (Phi) is 7.53. The number of aryl methyl sites for hydroxylation is 1. The third-order valence-corrected chi connectivity index (χ3v) is 4.35. The fraction of sp³-hybridized carbons (Fsp3) is 0.500. The number of unbranched alkanes of at least 4 members (excludes halogenated alkanes) is 1. The van der Waals surface area contributed by atoms with Crippen molar-refractivity contribution in [1.29, 1.82) is 0 Å². The van der Waals surface area contributed by atoms with Crippen molar-refractivity contribution in [3.8, 4) is 0 Å². The minimum Gasteiger partial charge on any atom is -0.348 e. The van der Waals surface area contributed by atoms with Gasteiger partial charge in [0.2, 0.25) is 0 Å². The summed E-state index contributed by atoms with van der Waals surface area (Å²) in [5, 5.41) is 5.35. The summed E-state index contributed by atoms with van der Waals surface area (Å²) in [6.07, 6.45) is 11.2. The second kappa shape index (κ2) is 9.91. The van der Waals surface area contributed by atoms with Crippen LogP contribution in [0, 0.1) is 0 Å². The van der Waals surface area contributed by atoms with Gasteiger partial charge in [0.15, 0.2) is 0 Å². The Balaban J connectivity index is 1.72. The topological polar surface area (TPSA) is 58.2 Å². The van der Waals surface area contributed by atoms with Gasteiger partial charge in [-0.25, -0.2) is 0 Å². The lowest BCUT2D eigenvalue weighted by Gasteiger charge is -2.13. The molecule has 0 bridgehead atoms. The van der Waals surface area contributed by atoms with Crippen LogP contribution in [-0.2, 0) is 16.0 Å². The van der Waals surface area contributed by atoms with Gasteiger partial charge in [-0.15, -0.1) is 0 Å². The normalized spacial score (nSPS) is 14.0. The maximum absolute atomic E-state index is 11.9. The predicted molar refractivity (Wildman–Crippen MR) is 97.9 cm³/mol. The molecule has 0 radical (unpaired) electrons. The molecule has 0 saturated heterocycles. The molecule has 0 saturated carbocycles. The first-order valence-corrected chi connectivity index (χ1v) is 9.05. The van der Waals surface area contributed by atoms with Crippen LogP contribution in [0.15, 0.2) is 35.9 Å². The first-order chi connectivity index (χ1) is 11.7. The number of anilines is 1. The first kappa shape index (κ1) is 18.2. The lowest BCUT2D eigenvalue weighted by Crippen LogP contribution is -2.36. The SMILES string of the molecule is CCCCc1ccc(NC(=O)C(=O)NCCC2=CCCCC2)cc1. The number of hydrogen-bond donors (Lipinski definition) is 2. The third-order valence-electron chi connectivity index (χ3n) is 4.35. The minimum atomic E-state index is -0.603. The van der Waals surface area contributed by atoms with E-state index in [9.17, 15) is 9.59 Å². The number of nitrogens with one attached hydrogen (secondary N) is 2. The standard InChI is InChI=1S/C20H28N2O2/c1-2-3-7-17-10-12-18(13-11-17)22-20(24)19(23)21-15-14-16-8-5-4-6-9-16/h8,10-13H,2-7,9,14-15H2,1H3,(H,21,23)(H,22,24). The zero-order valence-corrected chi connectivity index (χ0v) is 14.6. The van der Waals surface area contributed by atoms with Gasteiger partial charge < -0.3 is 10.6 Å². The average Bonchev–Trinajstić information content (AvgIpc) is 2.62. The minimum absolute atomic E-state index is 0.522. The van der Waals surface area contributed by atoms with Gasteiger partial charge in [0.25, 0.3) is 0 Å². The molecule has 2 rings (SSSR count). The number of amides is 2. The van der Waals surface area contributed by atoms with E-state index in [1.165, 1.54) is 24.0 Å². The molecule has 1 aliphatic rings. The highest BCUT2D eigenvalue weighted by Crippen LogP contribution is 2.19. The smallest absolute Gasteiger partial charge is 0.313 e. The highest BCUT2D eigenvalue weighted by atomic mass is 16.2. The molecule has 0 heterocycles. The van der Waals surface area contributed by atoms with Crippen molar-refractivity contribution < 1.29 is 9.59 Å². The highest BCUT2D eigenvalue weighted by Gasteiger charge is 2.13. The van der Waals surface area contributed by atoms with Crippen molar-refractivity contribution >= 4 is 17.5 Å². The maximum Gasteiger partial charge on any atom is 0.313 e. The van der Waals surface area contributed by atoms with Crippen LogP contribution >= 0.6 is 0 Å². The molecule has 130 valence electrons. The number of benzene rings is 1. The summed E-state index contributed by atoms with van der Waals surface area (Å²) in [6.45, 7) is 2.69. The Bertz CT molecular complexity index is 576. The van der Waals surface area contributed by atoms with Gasteiger partial charge in [-0.2, -0.15) is 0 Å². The molecule has 0 spiro atoms. The van der Waals surface area contributed by atoms with E-state index in [2.05, 4.69) is 23.6 Å². The van der Waals surface area contributed by atoms with Crippen LogP contribution in [0.5, 0.6) is 0 Å². The molecule has 0 aromatic heterocycles. The van der Waals surface area contributed by atoms with Crippen LogP contribution in [0.25, 0.3) is 0 Å². The summed E-state index contributed by atoms with van der Waals surface area (Å²) in [7, 11) is 0. The molecule has 24 heavy (non-hydrogen) atoms. The second-order valence-corrected chi connectivity index (χ2v) is 6.37.